The summed E-state index contributed by atoms with van der Waals surface area (Å²) in [6.45, 7) is 15.1. The summed E-state index contributed by atoms with van der Waals surface area (Å²) in [4.78, 5) is 9.30. The van der Waals surface area contributed by atoms with Crippen LogP contribution in [0.4, 0.5) is 0 Å². The van der Waals surface area contributed by atoms with Gasteiger partial charge in [-0.15, -0.1) is 24.0 Å². The van der Waals surface area contributed by atoms with E-state index in [0.29, 0.717) is 5.92 Å². The first kappa shape index (κ1) is 24.2. The summed E-state index contributed by atoms with van der Waals surface area (Å²) < 4.78 is 2.07. The monoisotopic (exact) mass is 491 g/mol. The summed E-state index contributed by atoms with van der Waals surface area (Å²) in [5, 5.41) is 11.4. The highest BCUT2D eigenvalue weighted by Crippen LogP contribution is 2.04. The van der Waals surface area contributed by atoms with Gasteiger partial charge in [0.05, 0.1) is 5.69 Å². The van der Waals surface area contributed by atoms with Gasteiger partial charge in [0.1, 0.15) is 0 Å². The number of aryl methyl sites for hydroxylation is 3. The molecule has 0 radical (unpaired) electrons. The van der Waals surface area contributed by atoms with Gasteiger partial charge in [0, 0.05) is 65.1 Å². The number of aliphatic imine (C=N–C) groups is 1. The molecule has 2 rings (SSSR count). The van der Waals surface area contributed by atoms with Crippen molar-refractivity contribution >= 4 is 29.9 Å². The number of nitrogens with zero attached hydrogens (tertiary/aromatic N) is 5. The van der Waals surface area contributed by atoms with Crippen LogP contribution in [0.2, 0.25) is 0 Å². The highest BCUT2D eigenvalue weighted by atomic mass is 127. The molecule has 1 aromatic heterocycles. The average Bonchev–Trinajstić information content (AvgIpc) is 2.93. The lowest BCUT2D eigenvalue weighted by molar-refractivity contribution is 0.139. The van der Waals surface area contributed by atoms with Crippen molar-refractivity contribution in [2.75, 3.05) is 59.9 Å². The van der Waals surface area contributed by atoms with Gasteiger partial charge in [-0.1, -0.05) is 6.92 Å². The Morgan fingerprint density at radius 3 is 2.52 bits per heavy atom. The van der Waals surface area contributed by atoms with E-state index in [-0.39, 0.29) is 24.0 Å². The van der Waals surface area contributed by atoms with Crippen LogP contribution in [0.25, 0.3) is 0 Å². The average molecular weight is 491 g/mol. The maximum Gasteiger partial charge on any atom is 0.190 e. The maximum atomic E-state index is 4.50. The molecule has 0 aliphatic carbocycles. The fourth-order valence-electron chi connectivity index (χ4n) is 3.36. The maximum absolute atomic E-state index is 4.50. The molecule has 1 aromatic rings. The predicted molar refractivity (Wildman–Crippen MR) is 124 cm³/mol. The highest BCUT2D eigenvalue weighted by Gasteiger charge is 2.16. The molecule has 0 bridgehead atoms. The third-order valence-electron chi connectivity index (χ3n) is 4.95. The van der Waals surface area contributed by atoms with Crippen molar-refractivity contribution in [2.45, 2.75) is 33.7 Å². The number of piperazine rings is 1. The molecule has 0 spiro atoms. The molecule has 0 amide bonds. The zero-order valence-corrected chi connectivity index (χ0v) is 20.0. The second-order valence-electron chi connectivity index (χ2n) is 7.59. The standard InChI is InChI=1S/C19H37N7.HI/c1-16(15-25-11-9-24(5)10-12-25)14-22-19(20-4)21-7-6-8-26-18(3)13-17(2)23-26;/h13,16H,6-12,14-15H2,1-5H3,(H2,20,21,22);1H. The van der Waals surface area contributed by atoms with Crippen molar-refractivity contribution in [1.82, 2.24) is 30.2 Å². The zero-order valence-electron chi connectivity index (χ0n) is 17.7. The molecule has 2 N–H and O–H groups in total. The molecule has 1 aliphatic rings. The van der Waals surface area contributed by atoms with Crippen LogP contribution >= 0.6 is 24.0 Å². The van der Waals surface area contributed by atoms with Gasteiger partial charge in [0.2, 0.25) is 0 Å². The molecule has 1 atom stereocenters. The van der Waals surface area contributed by atoms with E-state index in [9.17, 15) is 0 Å². The molecule has 1 unspecified atom stereocenters. The minimum atomic E-state index is 0. The van der Waals surface area contributed by atoms with Crippen LogP contribution in [0.3, 0.4) is 0 Å². The number of halogens is 1. The van der Waals surface area contributed by atoms with Gasteiger partial charge in [-0.05, 0) is 39.3 Å². The van der Waals surface area contributed by atoms with Crippen molar-refractivity contribution in [3.63, 3.8) is 0 Å². The Labute approximate surface area is 182 Å². The van der Waals surface area contributed by atoms with Crippen molar-refractivity contribution in [1.29, 1.82) is 0 Å². The van der Waals surface area contributed by atoms with E-state index in [4.69, 9.17) is 0 Å². The Morgan fingerprint density at radius 2 is 1.93 bits per heavy atom. The third-order valence-corrected chi connectivity index (χ3v) is 4.95. The first-order valence-electron chi connectivity index (χ1n) is 9.84. The van der Waals surface area contributed by atoms with Crippen molar-refractivity contribution < 1.29 is 0 Å². The zero-order chi connectivity index (χ0) is 18.9. The van der Waals surface area contributed by atoms with Gasteiger partial charge in [-0.25, -0.2) is 0 Å². The van der Waals surface area contributed by atoms with Gasteiger partial charge in [-0.3, -0.25) is 9.67 Å². The first-order valence-corrected chi connectivity index (χ1v) is 9.84. The molecule has 1 aliphatic heterocycles. The number of hydrogen-bond acceptors (Lipinski definition) is 4. The molecular formula is C19H38IN7. The van der Waals surface area contributed by atoms with Gasteiger partial charge in [-0.2, -0.15) is 5.10 Å². The third kappa shape index (κ3) is 8.78. The summed E-state index contributed by atoms with van der Waals surface area (Å²) in [5.74, 6) is 1.50. The number of hydrogen-bond donors (Lipinski definition) is 2. The van der Waals surface area contributed by atoms with Crippen LogP contribution in [0, 0.1) is 19.8 Å². The molecule has 27 heavy (non-hydrogen) atoms. The summed E-state index contributed by atoms with van der Waals surface area (Å²) in [6, 6.07) is 2.12. The van der Waals surface area contributed by atoms with Gasteiger partial charge in [0.15, 0.2) is 5.96 Å². The highest BCUT2D eigenvalue weighted by molar-refractivity contribution is 14.0. The second-order valence-corrected chi connectivity index (χ2v) is 7.59. The molecule has 7 nitrogen and oxygen atoms in total. The van der Waals surface area contributed by atoms with Crippen LogP contribution in [0.5, 0.6) is 0 Å². The summed E-state index contributed by atoms with van der Waals surface area (Å²) in [7, 11) is 4.04. The number of nitrogens with one attached hydrogen (secondary N) is 2. The number of rotatable bonds is 8. The van der Waals surface area contributed by atoms with E-state index >= 15 is 0 Å². The predicted octanol–water partition coefficient (Wildman–Crippen LogP) is 1.56. The van der Waals surface area contributed by atoms with Gasteiger partial charge < -0.3 is 20.4 Å². The van der Waals surface area contributed by atoms with E-state index in [1.54, 1.807) is 0 Å². The largest absolute Gasteiger partial charge is 0.356 e. The summed E-state index contributed by atoms with van der Waals surface area (Å²) in [6.07, 6.45) is 1.03. The lowest BCUT2D eigenvalue weighted by Crippen LogP contribution is -2.47. The van der Waals surface area contributed by atoms with Crippen LogP contribution in [0.15, 0.2) is 11.1 Å². The van der Waals surface area contributed by atoms with E-state index in [1.165, 1.54) is 31.9 Å². The Morgan fingerprint density at radius 1 is 1.22 bits per heavy atom. The van der Waals surface area contributed by atoms with E-state index < -0.39 is 0 Å². The summed E-state index contributed by atoms with van der Waals surface area (Å²) >= 11 is 0. The molecule has 8 heteroatoms. The first-order chi connectivity index (χ1) is 12.5. The normalized spacial score (nSPS) is 17.4. The molecule has 0 saturated carbocycles. The van der Waals surface area contributed by atoms with Gasteiger partial charge >= 0.3 is 0 Å². The molecule has 0 aromatic carbocycles. The lowest BCUT2D eigenvalue weighted by Gasteiger charge is -2.34. The Bertz CT molecular complexity index is 564. The van der Waals surface area contributed by atoms with Gasteiger partial charge in [0.25, 0.3) is 0 Å². The quantitative estimate of drug-likeness (QED) is 0.250. The van der Waals surface area contributed by atoms with Crippen LogP contribution in [0.1, 0.15) is 24.7 Å². The van der Waals surface area contributed by atoms with Crippen LogP contribution < -0.4 is 10.6 Å². The van der Waals surface area contributed by atoms with E-state index in [0.717, 1.165) is 44.3 Å². The molecule has 1 fully saturated rings. The Hall–Kier alpha value is -0.870. The summed E-state index contributed by atoms with van der Waals surface area (Å²) in [5.41, 5.74) is 2.31. The Balaban J connectivity index is 0.00000364. The van der Waals surface area contributed by atoms with Crippen molar-refractivity contribution in [2.24, 2.45) is 10.9 Å². The minimum Gasteiger partial charge on any atom is -0.356 e. The Kier molecular flexibility index (Phi) is 11.2. The fraction of sp³-hybridized carbons (Fsp3) is 0.789. The molecule has 2 heterocycles. The molecular weight excluding hydrogens is 453 g/mol. The molecule has 156 valence electrons. The number of likely N-dealkylation sites (N-methyl/N-ethyl adjacent to an activating group) is 1. The van der Waals surface area contributed by atoms with Crippen LogP contribution in [-0.4, -0.2) is 85.4 Å². The van der Waals surface area contributed by atoms with E-state index in [2.05, 4.69) is 62.2 Å². The lowest BCUT2D eigenvalue weighted by atomic mass is 10.1. The van der Waals surface area contributed by atoms with E-state index in [1.807, 2.05) is 14.0 Å². The topological polar surface area (TPSA) is 60.7 Å². The molecule has 1 saturated heterocycles. The van der Waals surface area contributed by atoms with Crippen LogP contribution in [-0.2, 0) is 6.54 Å². The van der Waals surface area contributed by atoms with Crippen molar-refractivity contribution in [3.05, 3.63) is 17.5 Å². The fourth-order valence-corrected chi connectivity index (χ4v) is 3.36. The number of guanidine groups is 1. The SMILES string of the molecule is CN=C(NCCCn1nc(C)cc1C)NCC(C)CN1CCN(C)CC1.I. The number of aromatic nitrogens is 2. The minimum absolute atomic E-state index is 0. The van der Waals surface area contributed by atoms with Crippen molar-refractivity contribution in [3.8, 4) is 0 Å². The second kappa shape index (κ2) is 12.6. The smallest absolute Gasteiger partial charge is 0.190 e.